The Morgan fingerprint density at radius 1 is 1.07 bits per heavy atom. The number of hydrogen-bond donors (Lipinski definition) is 1. The van der Waals surface area contributed by atoms with E-state index in [9.17, 15) is 5.11 Å². The van der Waals surface area contributed by atoms with Crippen LogP contribution in [0.5, 0.6) is 0 Å². The van der Waals surface area contributed by atoms with Crippen LogP contribution in [-0.2, 0) is 0 Å². The van der Waals surface area contributed by atoms with Crippen molar-refractivity contribution in [2.75, 3.05) is 0 Å². The molecule has 78 valence electrons. The Morgan fingerprint density at radius 2 is 1.79 bits per heavy atom. The summed E-state index contributed by atoms with van der Waals surface area (Å²) in [6, 6.07) is 10.5. The molecule has 2 unspecified atom stereocenters. The minimum absolute atomic E-state index is 0. The summed E-state index contributed by atoms with van der Waals surface area (Å²) >= 11 is 0. The summed E-state index contributed by atoms with van der Waals surface area (Å²) in [5.74, 6) is 0.588. The van der Waals surface area contributed by atoms with Gasteiger partial charge in [-0.15, -0.1) is 0 Å². The zero-order valence-electron chi connectivity index (χ0n) is 7.82. The fourth-order valence-electron chi connectivity index (χ4n) is 2.19. The first-order valence-corrected chi connectivity index (χ1v) is 5.09. The Morgan fingerprint density at radius 3 is 2.43 bits per heavy atom. The van der Waals surface area contributed by atoms with E-state index >= 15 is 0 Å². The molecule has 1 saturated carbocycles. The normalized spacial score (nSPS) is 26.6. The molecule has 1 aromatic rings. The molecule has 1 heteroatoms. The second-order valence-corrected chi connectivity index (χ2v) is 3.93. The second kappa shape index (κ2) is 5.16. The zero-order chi connectivity index (χ0) is 9.10. The van der Waals surface area contributed by atoms with E-state index < -0.39 is 0 Å². The van der Waals surface area contributed by atoms with E-state index in [0.717, 1.165) is 12.8 Å². The van der Waals surface area contributed by atoms with Gasteiger partial charge in [-0.05, 0) is 30.7 Å². The van der Waals surface area contributed by atoms with Crippen molar-refractivity contribution in [3.63, 3.8) is 0 Å². The number of rotatable bonds is 1. The van der Waals surface area contributed by atoms with Gasteiger partial charge in [-0.3, -0.25) is 0 Å². The van der Waals surface area contributed by atoms with Crippen LogP contribution in [0, 0.1) is 0 Å². The van der Waals surface area contributed by atoms with E-state index in [4.69, 9.17) is 0 Å². The summed E-state index contributed by atoms with van der Waals surface area (Å²) in [6.45, 7) is 0. The van der Waals surface area contributed by atoms with E-state index in [1.807, 2.05) is 6.07 Å². The molecule has 0 spiro atoms. The highest BCUT2D eigenvalue weighted by Crippen LogP contribution is 2.32. The van der Waals surface area contributed by atoms with E-state index in [2.05, 4.69) is 24.3 Å². The molecule has 0 aliphatic heterocycles. The van der Waals surface area contributed by atoms with Crippen LogP contribution < -0.4 is 0 Å². The average Bonchev–Trinajstić information content (AvgIpc) is 2.19. The molecule has 2 rings (SSSR count). The third-order valence-corrected chi connectivity index (χ3v) is 2.92. The second-order valence-electron chi connectivity index (χ2n) is 3.93. The van der Waals surface area contributed by atoms with Gasteiger partial charge in [0, 0.05) is 0 Å². The van der Waals surface area contributed by atoms with Crippen molar-refractivity contribution in [3.8, 4) is 0 Å². The van der Waals surface area contributed by atoms with Crippen molar-refractivity contribution >= 4 is 0 Å². The minimum Gasteiger partial charge on any atom is -0.393 e. The molecule has 1 aliphatic rings. The minimum atomic E-state index is -0.0704. The third kappa shape index (κ3) is 2.58. The summed E-state index contributed by atoms with van der Waals surface area (Å²) in [7, 11) is 0. The smallest absolute Gasteiger partial charge is 0.0546 e. The first-order chi connectivity index (χ1) is 6.36. The van der Waals surface area contributed by atoms with Gasteiger partial charge in [0.15, 0.2) is 0 Å². The largest absolute Gasteiger partial charge is 0.393 e. The Hall–Kier alpha value is -0.820. The predicted molar refractivity (Wildman–Crippen MR) is 60.4 cm³/mol. The molecule has 1 aromatic carbocycles. The number of aliphatic hydroxyl groups excluding tert-OH is 1. The van der Waals surface area contributed by atoms with Crippen LogP contribution in [-0.4, -0.2) is 11.2 Å². The fourth-order valence-corrected chi connectivity index (χ4v) is 2.19. The van der Waals surface area contributed by atoms with E-state index in [0.29, 0.717) is 5.92 Å². The van der Waals surface area contributed by atoms with Gasteiger partial charge in [-0.1, -0.05) is 44.2 Å². The topological polar surface area (TPSA) is 20.2 Å². The van der Waals surface area contributed by atoms with Gasteiger partial charge in [0.1, 0.15) is 0 Å². The Labute approximate surface area is 86.8 Å². The molecule has 1 N–H and O–H groups in total. The Bertz CT molecular complexity index is 255. The lowest BCUT2D eigenvalue weighted by Crippen LogP contribution is -2.17. The lowest BCUT2D eigenvalue weighted by atomic mass is 9.83. The summed E-state index contributed by atoms with van der Waals surface area (Å²) in [5.41, 5.74) is 1.39. The van der Waals surface area contributed by atoms with Gasteiger partial charge < -0.3 is 5.11 Å². The molecular formula is C13H20O. The summed E-state index contributed by atoms with van der Waals surface area (Å²) < 4.78 is 0. The number of aliphatic hydroxyl groups is 1. The van der Waals surface area contributed by atoms with E-state index in [-0.39, 0.29) is 13.5 Å². The van der Waals surface area contributed by atoms with Gasteiger partial charge in [-0.2, -0.15) is 0 Å². The molecule has 0 amide bonds. The SMILES string of the molecule is C.OC1CCCC(c2ccccc2)C1. The average molecular weight is 192 g/mol. The Kier molecular flexibility index (Phi) is 4.15. The van der Waals surface area contributed by atoms with Crippen LogP contribution in [0.15, 0.2) is 30.3 Å². The maximum absolute atomic E-state index is 9.54. The third-order valence-electron chi connectivity index (χ3n) is 2.92. The molecule has 0 heterocycles. The predicted octanol–water partition coefficient (Wildman–Crippen LogP) is 3.34. The van der Waals surface area contributed by atoms with Crippen molar-refractivity contribution in [1.29, 1.82) is 0 Å². The van der Waals surface area contributed by atoms with Crippen molar-refractivity contribution in [1.82, 2.24) is 0 Å². The highest BCUT2D eigenvalue weighted by atomic mass is 16.3. The van der Waals surface area contributed by atoms with E-state index in [1.165, 1.54) is 18.4 Å². The lowest BCUT2D eigenvalue weighted by molar-refractivity contribution is 0.119. The fraction of sp³-hybridized carbons (Fsp3) is 0.538. The molecule has 1 fully saturated rings. The highest BCUT2D eigenvalue weighted by Gasteiger charge is 2.20. The van der Waals surface area contributed by atoms with Gasteiger partial charge in [0.05, 0.1) is 6.10 Å². The van der Waals surface area contributed by atoms with Crippen molar-refractivity contribution in [3.05, 3.63) is 35.9 Å². The monoisotopic (exact) mass is 192 g/mol. The van der Waals surface area contributed by atoms with Crippen molar-refractivity contribution in [2.45, 2.75) is 45.1 Å². The Balaban J connectivity index is 0.000000980. The van der Waals surface area contributed by atoms with Gasteiger partial charge in [0.25, 0.3) is 0 Å². The molecule has 0 aromatic heterocycles. The first kappa shape index (κ1) is 11.3. The molecule has 0 bridgehead atoms. The van der Waals surface area contributed by atoms with Crippen molar-refractivity contribution < 1.29 is 5.11 Å². The van der Waals surface area contributed by atoms with Gasteiger partial charge >= 0.3 is 0 Å². The standard InChI is InChI=1S/C12H16O.CH4/c13-12-8-4-7-11(9-12)10-5-2-1-3-6-10;/h1-3,5-6,11-13H,4,7-9H2;1H4. The van der Waals surface area contributed by atoms with Gasteiger partial charge in [0.2, 0.25) is 0 Å². The van der Waals surface area contributed by atoms with Crippen LogP contribution in [0.1, 0.15) is 44.6 Å². The summed E-state index contributed by atoms with van der Waals surface area (Å²) in [6.07, 6.45) is 4.27. The molecular weight excluding hydrogens is 172 g/mol. The quantitative estimate of drug-likeness (QED) is 0.723. The molecule has 2 atom stereocenters. The molecule has 1 aliphatic carbocycles. The van der Waals surface area contributed by atoms with Crippen LogP contribution in [0.3, 0.4) is 0 Å². The summed E-state index contributed by atoms with van der Waals surface area (Å²) in [5, 5.41) is 9.54. The highest BCUT2D eigenvalue weighted by molar-refractivity contribution is 5.20. The molecule has 1 nitrogen and oxygen atoms in total. The zero-order valence-corrected chi connectivity index (χ0v) is 7.82. The van der Waals surface area contributed by atoms with Crippen molar-refractivity contribution in [2.24, 2.45) is 0 Å². The number of benzene rings is 1. The molecule has 0 radical (unpaired) electrons. The van der Waals surface area contributed by atoms with Crippen LogP contribution in [0.2, 0.25) is 0 Å². The maximum Gasteiger partial charge on any atom is 0.0546 e. The number of hydrogen-bond acceptors (Lipinski definition) is 1. The molecule has 0 saturated heterocycles. The van der Waals surface area contributed by atoms with Gasteiger partial charge in [-0.25, -0.2) is 0 Å². The van der Waals surface area contributed by atoms with Crippen LogP contribution >= 0.6 is 0 Å². The van der Waals surface area contributed by atoms with E-state index in [1.54, 1.807) is 0 Å². The maximum atomic E-state index is 9.54. The van der Waals surface area contributed by atoms with Crippen LogP contribution in [0.4, 0.5) is 0 Å². The van der Waals surface area contributed by atoms with Crippen LogP contribution in [0.25, 0.3) is 0 Å². The molecule has 14 heavy (non-hydrogen) atoms. The first-order valence-electron chi connectivity index (χ1n) is 5.09. The summed E-state index contributed by atoms with van der Waals surface area (Å²) in [4.78, 5) is 0. The lowest BCUT2D eigenvalue weighted by Gasteiger charge is -2.25.